The summed E-state index contributed by atoms with van der Waals surface area (Å²) in [6.45, 7) is 0. The molecule has 0 aliphatic rings. The number of benzene rings is 2. The second kappa shape index (κ2) is 7.25. The highest BCUT2D eigenvalue weighted by Gasteiger charge is 2.18. The number of nitro benzene ring substituents is 1. The van der Waals surface area contributed by atoms with Crippen molar-refractivity contribution < 1.29 is 9.31 Å². The second-order valence-electron chi connectivity index (χ2n) is 5.27. The molecule has 2 aromatic carbocycles. The maximum absolute atomic E-state index is 13.7. The molecule has 3 aromatic rings. The van der Waals surface area contributed by atoms with E-state index in [9.17, 15) is 19.3 Å². The van der Waals surface area contributed by atoms with Gasteiger partial charge in [0.05, 0.1) is 10.6 Å². The predicted molar refractivity (Wildman–Crippen MR) is 99.9 cm³/mol. The molecule has 0 aliphatic carbocycles. The van der Waals surface area contributed by atoms with E-state index in [0.717, 1.165) is 4.68 Å². The van der Waals surface area contributed by atoms with Gasteiger partial charge >= 0.3 is 5.56 Å². The third-order valence-electron chi connectivity index (χ3n) is 3.56. The molecule has 0 aliphatic heterocycles. The zero-order valence-electron chi connectivity index (χ0n) is 13.5. The van der Waals surface area contributed by atoms with Crippen molar-refractivity contribution in [1.29, 1.82) is 0 Å². The first-order chi connectivity index (χ1) is 12.9. The summed E-state index contributed by atoms with van der Waals surface area (Å²) in [6.07, 6.45) is 0. The van der Waals surface area contributed by atoms with Crippen LogP contribution < -0.4 is 11.3 Å². The Morgan fingerprint density at radius 2 is 1.85 bits per heavy atom. The van der Waals surface area contributed by atoms with Gasteiger partial charge in [-0.05, 0) is 36.5 Å². The van der Waals surface area contributed by atoms with Crippen LogP contribution in [0, 0.1) is 15.9 Å². The summed E-state index contributed by atoms with van der Waals surface area (Å²) >= 11 is 4.81. The number of non-ortho nitro benzene ring substituents is 1. The predicted octanol–water partition coefficient (Wildman–Crippen LogP) is 3.40. The molecule has 9 nitrogen and oxygen atoms in total. The minimum absolute atomic E-state index is 0.0605. The third kappa shape index (κ3) is 3.62. The minimum Gasteiger partial charge on any atom is -0.374 e. The number of nitrogens with zero attached hydrogens (tertiary/aromatic N) is 4. The summed E-state index contributed by atoms with van der Waals surface area (Å²) in [6, 6.07) is 11.0. The average molecular weight is 386 g/mol. The van der Waals surface area contributed by atoms with Crippen molar-refractivity contribution in [2.24, 2.45) is 16.0 Å². The Kier molecular flexibility index (Phi) is 4.86. The van der Waals surface area contributed by atoms with E-state index in [4.69, 9.17) is 18.0 Å². The Balaban J connectivity index is 2.12. The van der Waals surface area contributed by atoms with Crippen LogP contribution in [0.15, 0.2) is 63.6 Å². The normalized spacial score (nSPS) is 11.0. The quantitative estimate of drug-likeness (QED) is 0.307. The molecule has 0 fully saturated rings. The van der Waals surface area contributed by atoms with Crippen LogP contribution in [0.2, 0.25) is 0 Å². The number of H-pyrrole nitrogens is 1. The second-order valence-corrected chi connectivity index (χ2v) is 5.69. The Bertz CT molecular complexity index is 1120. The van der Waals surface area contributed by atoms with Crippen LogP contribution in [0.25, 0.3) is 11.3 Å². The molecule has 1 heterocycles. The highest BCUT2D eigenvalue weighted by Crippen LogP contribution is 2.29. The van der Waals surface area contributed by atoms with E-state index in [2.05, 4.69) is 15.3 Å². The first-order valence-electron chi connectivity index (χ1n) is 7.44. The molecule has 0 bridgehead atoms. The van der Waals surface area contributed by atoms with E-state index in [-0.39, 0.29) is 27.9 Å². The van der Waals surface area contributed by atoms with Crippen molar-refractivity contribution in [2.75, 3.05) is 0 Å². The average Bonchev–Trinajstić information content (AvgIpc) is 2.98. The van der Waals surface area contributed by atoms with Crippen molar-refractivity contribution >= 4 is 34.4 Å². The van der Waals surface area contributed by atoms with E-state index in [1.807, 2.05) is 0 Å². The molecular weight excluding hydrogens is 375 g/mol. The number of hydrogen-bond donors (Lipinski definition) is 2. The van der Waals surface area contributed by atoms with Crippen LogP contribution in [0.1, 0.15) is 0 Å². The molecule has 0 spiro atoms. The monoisotopic (exact) mass is 386 g/mol. The standard InChI is InChI=1S/C16H11FN6O3S/c17-11-3-1-2-4-12(11)19-20-14-13(21-22(15(14)24)16(18)27)9-5-7-10(8-6-9)23(25)26/h1-8,21H,(H2,18,27). The first kappa shape index (κ1) is 18.1. The highest BCUT2D eigenvalue weighted by atomic mass is 32.1. The largest absolute Gasteiger partial charge is 0.374 e. The fourth-order valence-electron chi connectivity index (χ4n) is 2.26. The van der Waals surface area contributed by atoms with Crippen LogP contribution >= 0.6 is 12.2 Å². The number of thiocarbonyl (C=S) groups is 1. The van der Waals surface area contributed by atoms with E-state index in [1.165, 1.54) is 42.5 Å². The molecule has 0 radical (unpaired) electrons. The number of halogens is 1. The molecule has 0 saturated heterocycles. The highest BCUT2D eigenvalue weighted by molar-refractivity contribution is 7.80. The summed E-state index contributed by atoms with van der Waals surface area (Å²) < 4.78 is 14.6. The zero-order valence-corrected chi connectivity index (χ0v) is 14.3. The lowest BCUT2D eigenvalue weighted by atomic mass is 10.1. The number of aromatic nitrogens is 2. The van der Waals surface area contributed by atoms with Gasteiger partial charge in [-0.15, -0.1) is 10.2 Å². The van der Waals surface area contributed by atoms with Crippen molar-refractivity contribution in [3.63, 3.8) is 0 Å². The van der Waals surface area contributed by atoms with Crippen LogP contribution in [0.5, 0.6) is 0 Å². The Labute approximate surface area is 156 Å². The fourth-order valence-corrected chi connectivity index (χ4v) is 2.39. The van der Waals surface area contributed by atoms with Crippen molar-refractivity contribution in [3.05, 3.63) is 74.8 Å². The summed E-state index contributed by atoms with van der Waals surface area (Å²) in [5.41, 5.74) is 5.07. The van der Waals surface area contributed by atoms with Crippen molar-refractivity contribution in [2.45, 2.75) is 0 Å². The van der Waals surface area contributed by atoms with Crippen LogP contribution in [-0.4, -0.2) is 19.8 Å². The van der Waals surface area contributed by atoms with Crippen LogP contribution in [0.3, 0.4) is 0 Å². The summed E-state index contributed by atoms with van der Waals surface area (Å²) in [5, 5.41) is 20.8. The third-order valence-corrected chi connectivity index (χ3v) is 3.75. The molecule has 27 heavy (non-hydrogen) atoms. The first-order valence-corrected chi connectivity index (χ1v) is 7.85. The topological polar surface area (TPSA) is 132 Å². The molecule has 1 aromatic heterocycles. The molecule has 0 unspecified atom stereocenters. The van der Waals surface area contributed by atoms with E-state index in [0.29, 0.717) is 5.56 Å². The molecule has 0 atom stereocenters. The number of azo groups is 1. The lowest BCUT2D eigenvalue weighted by molar-refractivity contribution is -0.384. The van der Waals surface area contributed by atoms with E-state index < -0.39 is 16.3 Å². The van der Waals surface area contributed by atoms with Gasteiger partial charge in [-0.25, -0.2) is 4.39 Å². The smallest absolute Gasteiger partial charge is 0.301 e. The van der Waals surface area contributed by atoms with Crippen molar-refractivity contribution in [3.8, 4) is 11.3 Å². The van der Waals surface area contributed by atoms with Gasteiger partial charge in [0, 0.05) is 17.7 Å². The number of aromatic amines is 1. The van der Waals surface area contributed by atoms with Gasteiger partial charge in [-0.1, -0.05) is 12.1 Å². The number of hydrogen-bond acceptors (Lipinski definition) is 6. The van der Waals surface area contributed by atoms with E-state index >= 15 is 0 Å². The number of rotatable bonds is 4. The lowest BCUT2D eigenvalue weighted by Gasteiger charge is -2.00. The van der Waals surface area contributed by atoms with E-state index in [1.54, 1.807) is 6.07 Å². The van der Waals surface area contributed by atoms with Gasteiger partial charge < -0.3 is 5.73 Å². The van der Waals surface area contributed by atoms with Crippen molar-refractivity contribution in [1.82, 2.24) is 9.78 Å². The summed E-state index contributed by atoms with van der Waals surface area (Å²) in [7, 11) is 0. The Hall–Kier alpha value is -3.73. The van der Waals surface area contributed by atoms with Gasteiger partial charge in [0.2, 0.25) is 0 Å². The molecule has 0 saturated carbocycles. The Morgan fingerprint density at radius 1 is 1.19 bits per heavy atom. The van der Waals surface area contributed by atoms with Gasteiger partial charge in [0.25, 0.3) is 5.69 Å². The van der Waals surface area contributed by atoms with Gasteiger partial charge in [0.15, 0.2) is 16.6 Å². The number of nitrogens with one attached hydrogen (secondary N) is 1. The SMILES string of the molecule is NC(=S)n1[nH]c(-c2ccc([N+](=O)[O-])cc2)c(N=Nc2ccccc2F)c1=O. The summed E-state index contributed by atoms with van der Waals surface area (Å²) in [5.74, 6) is -0.608. The van der Waals surface area contributed by atoms with Crippen LogP contribution in [0.4, 0.5) is 21.5 Å². The number of nitrogens with two attached hydrogens (primary N) is 1. The fraction of sp³-hybridized carbons (Fsp3) is 0. The molecule has 11 heteroatoms. The molecule has 136 valence electrons. The minimum atomic E-state index is -0.684. The molecule has 3 rings (SSSR count). The summed E-state index contributed by atoms with van der Waals surface area (Å²) in [4.78, 5) is 22.7. The van der Waals surface area contributed by atoms with Gasteiger partial charge in [-0.3, -0.25) is 20.0 Å². The molecule has 3 N–H and O–H groups in total. The van der Waals surface area contributed by atoms with Crippen LogP contribution in [-0.2, 0) is 0 Å². The molecular formula is C16H11FN6O3S. The van der Waals surface area contributed by atoms with Gasteiger partial charge in [-0.2, -0.15) is 4.68 Å². The maximum atomic E-state index is 13.7. The lowest BCUT2D eigenvalue weighted by Crippen LogP contribution is -2.29. The van der Waals surface area contributed by atoms with Gasteiger partial charge in [0.1, 0.15) is 5.69 Å². The Morgan fingerprint density at radius 3 is 2.44 bits per heavy atom. The molecule has 0 amide bonds. The maximum Gasteiger partial charge on any atom is 0.301 e. The number of nitro groups is 1. The zero-order chi connectivity index (χ0) is 19.6.